The van der Waals surface area contributed by atoms with Crippen LogP contribution < -0.4 is 16.3 Å². The Bertz CT molecular complexity index is 1430. The number of carbonyl (C=O) groups is 1. The van der Waals surface area contributed by atoms with E-state index in [9.17, 15) is 9.59 Å². The first-order valence-corrected chi connectivity index (χ1v) is 12.5. The molecule has 9 heteroatoms. The van der Waals surface area contributed by atoms with Gasteiger partial charge in [-0.2, -0.15) is 5.10 Å². The van der Waals surface area contributed by atoms with Gasteiger partial charge in [0.15, 0.2) is 10.8 Å². The Balaban J connectivity index is 1.41. The highest BCUT2D eigenvalue weighted by atomic mass is 32.1. The number of nitrogens with one attached hydrogen (secondary N) is 2. The molecule has 2 N–H and O–H groups in total. The lowest BCUT2D eigenvalue weighted by Crippen LogP contribution is -2.29. The number of fused-ring (bicyclic) bond motifs is 1. The van der Waals surface area contributed by atoms with E-state index in [2.05, 4.69) is 21.2 Å². The van der Waals surface area contributed by atoms with Crippen molar-refractivity contribution in [3.8, 4) is 11.3 Å². The Labute approximate surface area is 201 Å². The summed E-state index contributed by atoms with van der Waals surface area (Å²) >= 11 is 1.62. The Kier molecular flexibility index (Phi) is 5.95. The number of hydrogen-bond acceptors (Lipinski definition) is 6. The predicted molar refractivity (Wildman–Crippen MR) is 136 cm³/mol. The fourth-order valence-corrected chi connectivity index (χ4v) is 5.49. The van der Waals surface area contributed by atoms with Crippen molar-refractivity contribution in [3.05, 3.63) is 63.1 Å². The number of hydrogen-bond donors (Lipinski definition) is 2. The van der Waals surface area contributed by atoms with E-state index in [1.54, 1.807) is 47.3 Å². The summed E-state index contributed by atoms with van der Waals surface area (Å²) < 4.78 is 2.96. The summed E-state index contributed by atoms with van der Waals surface area (Å²) in [4.78, 5) is 30.5. The molecule has 3 heterocycles. The molecule has 0 unspecified atom stereocenters. The van der Waals surface area contributed by atoms with E-state index in [1.807, 2.05) is 19.9 Å². The molecular formula is C25H28N6O2S. The average Bonchev–Trinajstić information content (AvgIpc) is 3.41. The second-order valence-corrected chi connectivity index (χ2v) is 9.76. The molecular weight excluding hydrogens is 448 g/mol. The van der Waals surface area contributed by atoms with Crippen LogP contribution >= 0.6 is 11.3 Å². The monoisotopic (exact) mass is 476 g/mol. The highest BCUT2D eigenvalue weighted by molar-refractivity contribution is 7.14. The Morgan fingerprint density at radius 3 is 2.62 bits per heavy atom. The van der Waals surface area contributed by atoms with Crippen LogP contribution in [0.5, 0.6) is 0 Å². The van der Waals surface area contributed by atoms with Crippen molar-refractivity contribution < 1.29 is 4.79 Å². The fourth-order valence-electron chi connectivity index (χ4n) is 4.70. The number of carbonyl (C=O) groups excluding carboxylic acids is 1. The van der Waals surface area contributed by atoms with Crippen LogP contribution in [0, 0.1) is 13.8 Å². The average molecular weight is 477 g/mol. The SMILES string of the molecule is Cc1cc(-c2csc(NC3CCCCC3)n2)c(C)n1NC(=O)c1nn(C)c(=O)c2ccccc12. The molecule has 1 amide bonds. The van der Waals surface area contributed by atoms with Crippen LogP contribution in [0.2, 0.25) is 0 Å². The lowest BCUT2D eigenvalue weighted by atomic mass is 9.96. The molecule has 1 saturated carbocycles. The number of benzene rings is 1. The standard InChI is InChI=1S/C25H28N6O2S/c1-15-13-20(21-14-34-25(27-21)26-17-9-5-4-6-10-17)16(2)31(15)29-23(32)22-18-11-7-8-12-19(18)24(33)30(3)28-22/h7-8,11-14,17H,4-6,9-10H2,1-3H3,(H,26,27)(H,29,32). The number of aryl methyl sites for hydroxylation is 2. The normalized spacial score (nSPS) is 14.4. The van der Waals surface area contributed by atoms with E-state index in [0.29, 0.717) is 16.8 Å². The molecule has 176 valence electrons. The number of nitrogens with zero attached hydrogens (tertiary/aromatic N) is 4. The summed E-state index contributed by atoms with van der Waals surface area (Å²) in [7, 11) is 1.55. The minimum absolute atomic E-state index is 0.208. The largest absolute Gasteiger partial charge is 0.359 e. The van der Waals surface area contributed by atoms with Crippen molar-refractivity contribution in [1.82, 2.24) is 19.4 Å². The molecule has 0 atom stereocenters. The second kappa shape index (κ2) is 9.06. The summed E-state index contributed by atoms with van der Waals surface area (Å²) in [6.07, 6.45) is 6.27. The summed E-state index contributed by atoms with van der Waals surface area (Å²) in [5, 5.41) is 11.8. The van der Waals surface area contributed by atoms with Crippen molar-refractivity contribution in [2.75, 3.05) is 10.7 Å². The molecule has 34 heavy (non-hydrogen) atoms. The van der Waals surface area contributed by atoms with Gasteiger partial charge in [-0.15, -0.1) is 11.3 Å². The van der Waals surface area contributed by atoms with Gasteiger partial charge < -0.3 is 5.32 Å². The van der Waals surface area contributed by atoms with Gasteiger partial charge in [0.1, 0.15) is 0 Å². The third-order valence-electron chi connectivity index (χ3n) is 6.53. The Morgan fingerprint density at radius 2 is 1.85 bits per heavy atom. The molecule has 1 aromatic carbocycles. The van der Waals surface area contributed by atoms with Crippen LogP contribution in [0.1, 0.15) is 54.0 Å². The molecule has 1 aliphatic rings. The van der Waals surface area contributed by atoms with E-state index in [0.717, 1.165) is 27.8 Å². The van der Waals surface area contributed by atoms with Crippen LogP contribution in [0.15, 0.2) is 40.5 Å². The Morgan fingerprint density at radius 1 is 1.12 bits per heavy atom. The van der Waals surface area contributed by atoms with Gasteiger partial charge in [-0.3, -0.25) is 19.7 Å². The van der Waals surface area contributed by atoms with E-state index in [4.69, 9.17) is 4.98 Å². The highest BCUT2D eigenvalue weighted by Crippen LogP contribution is 2.31. The maximum absolute atomic E-state index is 13.2. The minimum atomic E-state index is -0.377. The maximum atomic E-state index is 13.2. The molecule has 5 rings (SSSR count). The molecule has 0 aliphatic heterocycles. The second-order valence-electron chi connectivity index (χ2n) is 8.90. The molecule has 1 fully saturated rings. The van der Waals surface area contributed by atoms with E-state index >= 15 is 0 Å². The van der Waals surface area contributed by atoms with E-state index < -0.39 is 0 Å². The topological polar surface area (TPSA) is 93.8 Å². The van der Waals surface area contributed by atoms with Crippen LogP contribution in [-0.2, 0) is 7.05 Å². The zero-order valence-corrected chi connectivity index (χ0v) is 20.4. The van der Waals surface area contributed by atoms with Crippen LogP contribution in [0.3, 0.4) is 0 Å². The number of thiazole rings is 1. The fraction of sp³-hybridized carbons (Fsp3) is 0.360. The number of anilines is 1. The predicted octanol–water partition coefficient (Wildman–Crippen LogP) is 4.60. The van der Waals surface area contributed by atoms with Crippen molar-refractivity contribution in [2.45, 2.75) is 52.0 Å². The van der Waals surface area contributed by atoms with Gasteiger partial charge in [-0.05, 0) is 38.8 Å². The molecule has 8 nitrogen and oxygen atoms in total. The smallest absolute Gasteiger partial charge is 0.291 e. The van der Waals surface area contributed by atoms with Gasteiger partial charge >= 0.3 is 0 Å². The first-order valence-electron chi connectivity index (χ1n) is 11.6. The van der Waals surface area contributed by atoms with Crippen LogP contribution in [0.25, 0.3) is 22.0 Å². The number of rotatable bonds is 5. The summed E-state index contributed by atoms with van der Waals surface area (Å²) in [5.74, 6) is -0.377. The molecule has 0 radical (unpaired) electrons. The van der Waals surface area contributed by atoms with Gasteiger partial charge in [0.05, 0.1) is 11.1 Å². The molecule has 3 aromatic heterocycles. The van der Waals surface area contributed by atoms with Gasteiger partial charge in [0.2, 0.25) is 0 Å². The zero-order chi connectivity index (χ0) is 23.8. The van der Waals surface area contributed by atoms with Crippen LogP contribution in [-0.4, -0.2) is 31.4 Å². The van der Waals surface area contributed by atoms with Crippen LogP contribution in [0.4, 0.5) is 5.13 Å². The molecule has 4 aromatic rings. The first kappa shape index (κ1) is 22.3. The van der Waals surface area contributed by atoms with Crippen molar-refractivity contribution in [1.29, 1.82) is 0 Å². The molecule has 0 spiro atoms. The molecule has 0 saturated heterocycles. The van der Waals surface area contributed by atoms with Gasteiger partial charge in [-0.1, -0.05) is 37.5 Å². The summed E-state index contributed by atoms with van der Waals surface area (Å²) in [5.41, 5.74) is 6.56. The van der Waals surface area contributed by atoms with E-state index in [1.165, 1.54) is 36.8 Å². The highest BCUT2D eigenvalue weighted by Gasteiger charge is 2.20. The maximum Gasteiger partial charge on any atom is 0.291 e. The number of amides is 1. The lowest BCUT2D eigenvalue weighted by molar-refractivity contribution is 0.100. The summed E-state index contributed by atoms with van der Waals surface area (Å²) in [6, 6.07) is 9.57. The van der Waals surface area contributed by atoms with Crippen molar-refractivity contribution in [3.63, 3.8) is 0 Å². The lowest BCUT2D eigenvalue weighted by Gasteiger charge is -2.22. The van der Waals surface area contributed by atoms with Crippen molar-refractivity contribution >= 4 is 33.1 Å². The third kappa shape index (κ3) is 4.11. The van der Waals surface area contributed by atoms with Gasteiger partial charge in [-0.25, -0.2) is 9.67 Å². The summed E-state index contributed by atoms with van der Waals surface area (Å²) in [6.45, 7) is 3.90. The molecule has 0 bridgehead atoms. The third-order valence-corrected chi connectivity index (χ3v) is 7.30. The minimum Gasteiger partial charge on any atom is -0.359 e. The zero-order valence-electron chi connectivity index (χ0n) is 19.6. The number of aromatic nitrogens is 4. The van der Waals surface area contributed by atoms with Gasteiger partial charge in [0, 0.05) is 40.8 Å². The van der Waals surface area contributed by atoms with Crippen molar-refractivity contribution in [2.24, 2.45) is 7.05 Å². The van der Waals surface area contributed by atoms with E-state index in [-0.39, 0.29) is 17.2 Å². The first-order chi connectivity index (χ1) is 16.4. The quantitative estimate of drug-likeness (QED) is 0.439. The van der Waals surface area contributed by atoms with Gasteiger partial charge in [0.25, 0.3) is 11.5 Å². The Hall–Kier alpha value is -3.46. The molecule has 1 aliphatic carbocycles.